The van der Waals surface area contributed by atoms with Gasteiger partial charge in [0, 0.05) is 6.20 Å². The molecule has 0 atom stereocenters. The number of amides is 1. The molecule has 0 unspecified atom stereocenters. The number of nitrogens with one attached hydrogen (secondary N) is 1. The van der Waals surface area contributed by atoms with Crippen molar-refractivity contribution in [1.82, 2.24) is 5.32 Å². The highest BCUT2D eigenvalue weighted by atomic mass is 16.6. The Morgan fingerprint density at radius 2 is 1.80 bits per heavy atom. The number of methoxy groups -OCH3 is 1. The molecule has 0 saturated carbocycles. The number of hydrogen-bond donors (Lipinski definition) is 1. The average Bonchev–Trinajstić information content (AvgIpc) is 2.10. The largest absolute Gasteiger partial charge is 0.466 e. The van der Waals surface area contributed by atoms with E-state index in [0.717, 1.165) is 0 Å². The maximum atomic E-state index is 11.1. The van der Waals surface area contributed by atoms with E-state index < -0.39 is 17.7 Å². The minimum Gasteiger partial charge on any atom is -0.466 e. The first-order chi connectivity index (χ1) is 6.76. The van der Waals surface area contributed by atoms with Gasteiger partial charge in [-0.1, -0.05) is 0 Å². The van der Waals surface area contributed by atoms with E-state index in [1.807, 2.05) is 0 Å². The Balaban J connectivity index is 4.16. The molecule has 1 N–H and O–H groups in total. The summed E-state index contributed by atoms with van der Waals surface area (Å²) in [6.45, 7) is 6.79. The molecule has 0 aromatic rings. The molecule has 15 heavy (non-hydrogen) atoms. The van der Waals surface area contributed by atoms with Crippen LogP contribution in [0.25, 0.3) is 0 Å². The lowest BCUT2D eigenvalue weighted by Gasteiger charge is -2.18. The van der Waals surface area contributed by atoms with Gasteiger partial charge in [0.15, 0.2) is 0 Å². The lowest BCUT2D eigenvalue weighted by Crippen LogP contribution is -2.30. The number of esters is 1. The van der Waals surface area contributed by atoms with E-state index in [2.05, 4.69) is 10.1 Å². The summed E-state index contributed by atoms with van der Waals surface area (Å²) in [6, 6.07) is 0. The number of ether oxygens (including phenoxy) is 2. The molecule has 0 aliphatic carbocycles. The van der Waals surface area contributed by atoms with Gasteiger partial charge in [0.25, 0.3) is 0 Å². The second kappa shape index (κ2) is 5.38. The van der Waals surface area contributed by atoms with E-state index in [1.54, 1.807) is 20.8 Å². The van der Waals surface area contributed by atoms with E-state index in [1.165, 1.54) is 20.2 Å². The summed E-state index contributed by atoms with van der Waals surface area (Å²) in [6.07, 6.45) is 0.644. The van der Waals surface area contributed by atoms with Crippen LogP contribution in [0.1, 0.15) is 27.7 Å². The zero-order chi connectivity index (χ0) is 12.1. The van der Waals surface area contributed by atoms with Gasteiger partial charge in [-0.25, -0.2) is 9.59 Å². The molecular formula is C10H17NO4. The molecule has 0 aliphatic heterocycles. The topological polar surface area (TPSA) is 64.6 Å². The third-order valence-corrected chi connectivity index (χ3v) is 1.31. The molecule has 5 nitrogen and oxygen atoms in total. The zero-order valence-electron chi connectivity index (χ0n) is 9.71. The third-order valence-electron chi connectivity index (χ3n) is 1.31. The SMILES string of the molecule is COC(=O)/C(C)=C/NC(=O)OC(C)(C)C. The lowest BCUT2D eigenvalue weighted by atomic mass is 10.2. The predicted octanol–water partition coefficient (Wildman–Crippen LogP) is 1.59. The van der Waals surface area contributed by atoms with E-state index >= 15 is 0 Å². The predicted molar refractivity (Wildman–Crippen MR) is 55.1 cm³/mol. The molecule has 0 rings (SSSR count). The van der Waals surface area contributed by atoms with Crippen LogP contribution in [0.5, 0.6) is 0 Å². The highest BCUT2D eigenvalue weighted by Crippen LogP contribution is 2.06. The maximum Gasteiger partial charge on any atom is 0.411 e. The first kappa shape index (κ1) is 13.5. The molecule has 0 radical (unpaired) electrons. The summed E-state index contributed by atoms with van der Waals surface area (Å²) in [5.41, 5.74) is -0.264. The summed E-state index contributed by atoms with van der Waals surface area (Å²) in [4.78, 5) is 22.1. The second-order valence-corrected chi connectivity index (χ2v) is 3.97. The van der Waals surface area contributed by atoms with Gasteiger partial charge in [0.2, 0.25) is 0 Å². The Morgan fingerprint density at radius 3 is 2.20 bits per heavy atom. The van der Waals surface area contributed by atoms with Crippen molar-refractivity contribution in [1.29, 1.82) is 0 Å². The number of rotatable bonds is 2. The van der Waals surface area contributed by atoms with Gasteiger partial charge in [-0.2, -0.15) is 0 Å². The summed E-state index contributed by atoms with van der Waals surface area (Å²) < 4.78 is 9.40. The summed E-state index contributed by atoms with van der Waals surface area (Å²) >= 11 is 0. The van der Waals surface area contributed by atoms with Crippen molar-refractivity contribution < 1.29 is 19.1 Å². The number of carbonyl (C=O) groups is 2. The molecule has 0 fully saturated rings. The van der Waals surface area contributed by atoms with Gasteiger partial charge in [-0.05, 0) is 27.7 Å². The van der Waals surface area contributed by atoms with Crippen LogP contribution in [0.2, 0.25) is 0 Å². The Morgan fingerprint density at radius 1 is 1.27 bits per heavy atom. The zero-order valence-corrected chi connectivity index (χ0v) is 9.71. The van der Waals surface area contributed by atoms with Gasteiger partial charge >= 0.3 is 12.1 Å². The van der Waals surface area contributed by atoms with Crippen LogP contribution >= 0.6 is 0 Å². The summed E-state index contributed by atoms with van der Waals surface area (Å²) in [7, 11) is 1.27. The smallest absolute Gasteiger partial charge is 0.411 e. The number of hydrogen-bond acceptors (Lipinski definition) is 4. The van der Waals surface area contributed by atoms with Crippen molar-refractivity contribution in [2.75, 3.05) is 7.11 Å². The molecule has 1 amide bonds. The average molecular weight is 215 g/mol. The monoisotopic (exact) mass is 215 g/mol. The van der Waals surface area contributed by atoms with E-state index in [4.69, 9.17) is 4.74 Å². The quantitative estimate of drug-likeness (QED) is 0.561. The molecule has 0 heterocycles. The van der Waals surface area contributed by atoms with Crippen LogP contribution in [-0.4, -0.2) is 24.8 Å². The van der Waals surface area contributed by atoms with Gasteiger partial charge in [0.05, 0.1) is 12.7 Å². The fourth-order valence-corrected chi connectivity index (χ4v) is 0.695. The van der Waals surface area contributed by atoms with Crippen LogP contribution in [0, 0.1) is 0 Å². The molecule has 0 saturated heterocycles. The van der Waals surface area contributed by atoms with Crippen LogP contribution in [0.3, 0.4) is 0 Å². The molecule has 86 valence electrons. The van der Waals surface area contributed by atoms with Crippen LogP contribution in [0.4, 0.5) is 4.79 Å². The minimum atomic E-state index is -0.606. The molecule has 5 heteroatoms. The third kappa shape index (κ3) is 6.54. The molecule has 0 aromatic carbocycles. The van der Waals surface area contributed by atoms with Gasteiger partial charge in [-0.3, -0.25) is 5.32 Å². The summed E-state index contributed by atoms with van der Waals surface area (Å²) in [5, 5.41) is 2.33. The standard InChI is InChI=1S/C10H17NO4/c1-7(8(12)14-5)6-11-9(13)15-10(2,3)4/h6H,1-5H3,(H,11,13)/b7-6+. The van der Waals surface area contributed by atoms with Crippen molar-refractivity contribution in [2.24, 2.45) is 0 Å². The fraction of sp³-hybridized carbons (Fsp3) is 0.600. The van der Waals surface area contributed by atoms with Gasteiger partial charge < -0.3 is 9.47 Å². The van der Waals surface area contributed by atoms with Crippen molar-refractivity contribution >= 4 is 12.1 Å². The van der Waals surface area contributed by atoms with Crippen LogP contribution < -0.4 is 5.32 Å². The first-order valence-corrected chi connectivity index (χ1v) is 4.51. The normalized spacial score (nSPS) is 11.9. The Bertz CT molecular complexity index is 276. The van der Waals surface area contributed by atoms with E-state index in [-0.39, 0.29) is 0 Å². The van der Waals surface area contributed by atoms with Crippen LogP contribution in [0.15, 0.2) is 11.8 Å². The van der Waals surface area contributed by atoms with Crippen molar-refractivity contribution in [2.45, 2.75) is 33.3 Å². The molecule has 0 spiro atoms. The molecule has 0 aliphatic rings. The second-order valence-electron chi connectivity index (χ2n) is 3.97. The van der Waals surface area contributed by atoms with Gasteiger partial charge in [0.1, 0.15) is 5.60 Å². The highest BCUT2D eigenvalue weighted by molar-refractivity contribution is 5.88. The Kier molecular flexibility index (Phi) is 4.84. The highest BCUT2D eigenvalue weighted by Gasteiger charge is 2.15. The lowest BCUT2D eigenvalue weighted by molar-refractivity contribution is -0.136. The molecule has 0 aromatic heterocycles. The Labute approximate surface area is 89.4 Å². The van der Waals surface area contributed by atoms with E-state index in [9.17, 15) is 9.59 Å². The minimum absolute atomic E-state index is 0.295. The van der Waals surface area contributed by atoms with Crippen LogP contribution in [-0.2, 0) is 14.3 Å². The van der Waals surface area contributed by atoms with Crippen molar-refractivity contribution in [3.05, 3.63) is 11.8 Å². The first-order valence-electron chi connectivity index (χ1n) is 4.51. The Hall–Kier alpha value is -1.52. The number of alkyl carbamates (subject to hydrolysis) is 1. The summed E-state index contributed by atoms with van der Waals surface area (Å²) in [5.74, 6) is -0.494. The maximum absolute atomic E-state index is 11.1. The van der Waals surface area contributed by atoms with E-state index in [0.29, 0.717) is 5.57 Å². The fourth-order valence-electron chi connectivity index (χ4n) is 0.695. The number of carbonyl (C=O) groups excluding carboxylic acids is 2. The van der Waals surface area contributed by atoms with Gasteiger partial charge in [-0.15, -0.1) is 0 Å². The molecule has 0 bridgehead atoms. The van der Waals surface area contributed by atoms with Crippen molar-refractivity contribution in [3.8, 4) is 0 Å². The van der Waals surface area contributed by atoms with Crippen molar-refractivity contribution in [3.63, 3.8) is 0 Å². The molecular weight excluding hydrogens is 198 g/mol.